The molecule has 5 nitrogen and oxygen atoms in total. The molecule has 34 heavy (non-hydrogen) atoms. The molecule has 0 saturated carbocycles. The zero-order chi connectivity index (χ0) is 24.9. The topological polar surface area (TPSA) is 75.3 Å². The van der Waals surface area contributed by atoms with Gasteiger partial charge < -0.3 is 5.32 Å². The molecule has 0 aliphatic carbocycles. The third-order valence-electron chi connectivity index (χ3n) is 5.28. The lowest BCUT2D eigenvalue weighted by Crippen LogP contribution is -2.33. The maximum Gasteiger partial charge on any atom is 0.416 e. The highest BCUT2D eigenvalue weighted by molar-refractivity contribution is 7.89. The van der Waals surface area contributed by atoms with E-state index in [9.17, 15) is 26.4 Å². The minimum atomic E-state index is -4.55. The Morgan fingerprint density at radius 1 is 0.971 bits per heavy atom. The second-order valence-electron chi connectivity index (χ2n) is 8.06. The van der Waals surface area contributed by atoms with E-state index >= 15 is 0 Å². The lowest BCUT2D eigenvalue weighted by atomic mass is 10.1. The summed E-state index contributed by atoms with van der Waals surface area (Å²) in [4.78, 5) is 12.7. The van der Waals surface area contributed by atoms with Crippen molar-refractivity contribution in [1.29, 1.82) is 0 Å². The van der Waals surface area contributed by atoms with Gasteiger partial charge in [0.25, 0.3) is 5.91 Å². The number of nitrogens with one attached hydrogen (secondary N) is 2. The quantitative estimate of drug-likeness (QED) is 0.434. The van der Waals surface area contributed by atoms with Crippen LogP contribution in [0.2, 0.25) is 0 Å². The minimum absolute atomic E-state index is 0.0415. The molecule has 3 aromatic carbocycles. The van der Waals surface area contributed by atoms with Gasteiger partial charge in [-0.05, 0) is 68.1 Å². The first-order valence-corrected chi connectivity index (χ1v) is 12.1. The first kappa shape index (κ1) is 25.5. The fraction of sp³-hybridized carbons (Fsp3) is 0.240. The highest BCUT2D eigenvalue weighted by Gasteiger charge is 2.30. The molecule has 0 saturated heterocycles. The largest absolute Gasteiger partial charge is 0.416 e. The maximum absolute atomic E-state index is 12.9. The molecule has 0 aliphatic rings. The van der Waals surface area contributed by atoms with Crippen molar-refractivity contribution in [3.63, 3.8) is 0 Å². The Hall–Kier alpha value is -3.17. The summed E-state index contributed by atoms with van der Waals surface area (Å²) in [5.41, 5.74) is 0.697. The molecule has 2 N–H and O–H groups in total. The zero-order valence-corrected chi connectivity index (χ0v) is 19.5. The van der Waals surface area contributed by atoms with Gasteiger partial charge in [-0.1, -0.05) is 42.5 Å². The third-order valence-corrected chi connectivity index (χ3v) is 6.86. The van der Waals surface area contributed by atoms with E-state index < -0.39 is 27.7 Å². The number of benzene rings is 3. The smallest absolute Gasteiger partial charge is 0.322 e. The van der Waals surface area contributed by atoms with Crippen molar-refractivity contribution >= 4 is 21.6 Å². The summed E-state index contributed by atoms with van der Waals surface area (Å²) in [6.45, 7) is 3.38. The van der Waals surface area contributed by atoms with Gasteiger partial charge in [-0.15, -0.1) is 0 Å². The van der Waals surface area contributed by atoms with E-state index in [0.717, 1.165) is 17.7 Å². The van der Waals surface area contributed by atoms with Gasteiger partial charge in [0.15, 0.2) is 0 Å². The summed E-state index contributed by atoms with van der Waals surface area (Å²) in [6.07, 6.45) is -3.27. The molecule has 0 unspecified atom stereocenters. The number of rotatable bonds is 8. The molecule has 1 atom stereocenters. The van der Waals surface area contributed by atoms with E-state index in [-0.39, 0.29) is 22.2 Å². The van der Waals surface area contributed by atoms with Crippen LogP contribution in [0.15, 0.2) is 77.7 Å². The van der Waals surface area contributed by atoms with E-state index in [0.29, 0.717) is 18.4 Å². The van der Waals surface area contributed by atoms with Gasteiger partial charge in [-0.25, -0.2) is 13.1 Å². The molecule has 0 fully saturated rings. The summed E-state index contributed by atoms with van der Waals surface area (Å²) in [5, 5.41) is 2.42. The summed E-state index contributed by atoms with van der Waals surface area (Å²) in [6, 6.07) is 17.7. The summed E-state index contributed by atoms with van der Waals surface area (Å²) < 4.78 is 67.2. The predicted octanol–water partition coefficient (Wildman–Crippen LogP) is 5.57. The Morgan fingerprint density at radius 2 is 1.68 bits per heavy atom. The van der Waals surface area contributed by atoms with Crippen molar-refractivity contribution in [2.45, 2.75) is 43.8 Å². The molecule has 3 aromatic rings. The van der Waals surface area contributed by atoms with Crippen molar-refractivity contribution in [2.75, 3.05) is 5.32 Å². The number of anilines is 1. The number of hydrogen-bond acceptors (Lipinski definition) is 3. The highest BCUT2D eigenvalue weighted by Crippen LogP contribution is 2.31. The molecule has 0 spiro atoms. The van der Waals surface area contributed by atoms with E-state index in [2.05, 4.69) is 10.0 Å². The lowest BCUT2D eigenvalue weighted by Gasteiger charge is -2.16. The second-order valence-corrected chi connectivity index (χ2v) is 9.77. The van der Waals surface area contributed by atoms with Gasteiger partial charge in [0.2, 0.25) is 10.0 Å². The molecule has 180 valence electrons. The van der Waals surface area contributed by atoms with Crippen LogP contribution in [-0.4, -0.2) is 20.4 Å². The van der Waals surface area contributed by atoms with Crippen LogP contribution < -0.4 is 10.0 Å². The number of aryl methyl sites for hydroxylation is 2. The monoisotopic (exact) mass is 490 g/mol. The Kier molecular flexibility index (Phi) is 7.78. The van der Waals surface area contributed by atoms with Crippen LogP contribution in [0.3, 0.4) is 0 Å². The van der Waals surface area contributed by atoms with Crippen molar-refractivity contribution < 1.29 is 26.4 Å². The SMILES string of the molecule is Cc1ccc(S(=O)(=O)N[C@H](C)CCc2ccccc2)cc1C(=O)Nc1cccc(C(F)(F)F)c1. The Morgan fingerprint density at radius 3 is 2.35 bits per heavy atom. The molecule has 1 amide bonds. The number of carbonyl (C=O) groups excluding carboxylic acids is 1. The van der Waals surface area contributed by atoms with Gasteiger partial charge in [-0.2, -0.15) is 13.2 Å². The molecule has 3 rings (SSSR count). The number of amides is 1. The highest BCUT2D eigenvalue weighted by atomic mass is 32.2. The number of alkyl halides is 3. The Bertz CT molecular complexity index is 1260. The van der Waals surface area contributed by atoms with Crippen molar-refractivity contribution in [3.05, 3.63) is 95.1 Å². The standard InChI is InChI=1S/C25H25F3N2O3S/c1-17-11-14-22(34(32,33)30-18(2)12-13-19-7-4-3-5-8-19)16-23(17)24(31)29-21-10-6-9-20(15-21)25(26,27)28/h3-11,14-16,18,30H,12-13H2,1-2H3,(H,29,31)/t18-/m1/s1. The van der Waals surface area contributed by atoms with Crippen LogP contribution in [0, 0.1) is 6.92 Å². The first-order valence-electron chi connectivity index (χ1n) is 10.6. The van der Waals surface area contributed by atoms with Gasteiger partial charge in [0, 0.05) is 17.3 Å². The summed E-state index contributed by atoms with van der Waals surface area (Å²) in [5.74, 6) is -0.703. The fourth-order valence-electron chi connectivity index (χ4n) is 3.40. The first-order chi connectivity index (χ1) is 16.0. The van der Waals surface area contributed by atoms with Crippen molar-refractivity contribution in [3.8, 4) is 0 Å². The van der Waals surface area contributed by atoms with E-state index in [1.165, 1.54) is 30.3 Å². The van der Waals surface area contributed by atoms with Crippen LogP contribution in [0.5, 0.6) is 0 Å². The number of hydrogen-bond donors (Lipinski definition) is 2. The van der Waals surface area contributed by atoms with E-state index in [4.69, 9.17) is 0 Å². The average Bonchev–Trinajstić information content (AvgIpc) is 2.78. The Balaban J connectivity index is 1.73. The minimum Gasteiger partial charge on any atom is -0.322 e. The van der Waals surface area contributed by atoms with E-state index in [1.807, 2.05) is 30.3 Å². The Labute approximate surface area is 197 Å². The molecular weight excluding hydrogens is 465 g/mol. The zero-order valence-electron chi connectivity index (χ0n) is 18.7. The molecular formula is C25H25F3N2O3S. The molecule has 0 bridgehead atoms. The second kappa shape index (κ2) is 10.4. The van der Waals surface area contributed by atoms with Crippen molar-refractivity contribution in [1.82, 2.24) is 4.72 Å². The van der Waals surface area contributed by atoms with Gasteiger partial charge in [0.05, 0.1) is 10.5 Å². The van der Waals surface area contributed by atoms with Gasteiger partial charge >= 0.3 is 6.18 Å². The lowest BCUT2D eigenvalue weighted by molar-refractivity contribution is -0.137. The number of sulfonamides is 1. The number of carbonyl (C=O) groups is 1. The van der Waals surface area contributed by atoms with Crippen LogP contribution in [-0.2, 0) is 22.6 Å². The van der Waals surface area contributed by atoms with Crippen LogP contribution in [0.1, 0.15) is 40.4 Å². The molecule has 0 radical (unpaired) electrons. The summed E-state index contributed by atoms with van der Waals surface area (Å²) in [7, 11) is -3.91. The molecule has 0 heterocycles. The van der Waals surface area contributed by atoms with Crippen molar-refractivity contribution in [2.24, 2.45) is 0 Å². The molecule has 9 heteroatoms. The third kappa shape index (κ3) is 6.68. The summed E-state index contributed by atoms with van der Waals surface area (Å²) >= 11 is 0. The number of halogens is 3. The molecule has 0 aromatic heterocycles. The van der Waals surface area contributed by atoms with E-state index in [1.54, 1.807) is 13.8 Å². The normalized spacial score (nSPS) is 12.9. The van der Waals surface area contributed by atoms with Crippen LogP contribution in [0.4, 0.5) is 18.9 Å². The van der Waals surface area contributed by atoms with Gasteiger partial charge in [0.1, 0.15) is 0 Å². The predicted molar refractivity (Wildman–Crippen MR) is 125 cm³/mol. The maximum atomic E-state index is 12.9. The molecule has 0 aliphatic heterocycles. The average molecular weight is 491 g/mol. The fourth-order valence-corrected chi connectivity index (χ4v) is 4.71. The van der Waals surface area contributed by atoms with Gasteiger partial charge in [-0.3, -0.25) is 4.79 Å². The van der Waals surface area contributed by atoms with Crippen LogP contribution in [0.25, 0.3) is 0 Å². The van der Waals surface area contributed by atoms with Crippen LogP contribution >= 0.6 is 0 Å².